The number of nitrogens with zero attached hydrogens (tertiary/aromatic N) is 2. The van der Waals surface area contributed by atoms with Gasteiger partial charge in [-0.2, -0.15) is 5.10 Å². The highest BCUT2D eigenvalue weighted by atomic mass is 35.5. The van der Waals surface area contributed by atoms with Crippen molar-refractivity contribution in [3.63, 3.8) is 0 Å². The predicted octanol–water partition coefficient (Wildman–Crippen LogP) is 5.12. The quantitative estimate of drug-likeness (QED) is 0.167. The summed E-state index contributed by atoms with van der Waals surface area (Å²) in [7, 11) is 0. The second-order valence-corrected chi connectivity index (χ2v) is 9.28. The van der Waals surface area contributed by atoms with Gasteiger partial charge in [0.2, 0.25) is 0 Å². The van der Waals surface area contributed by atoms with Crippen LogP contribution in [0.3, 0.4) is 0 Å². The van der Waals surface area contributed by atoms with E-state index < -0.39 is 6.04 Å². The first-order valence-electron chi connectivity index (χ1n) is 11.8. The molecule has 0 aliphatic rings. The average Bonchev–Trinajstić information content (AvgIpc) is 3.46. The van der Waals surface area contributed by atoms with Crippen molar-refractivity contribution in [3.8, 4) is 11.3 Å². The molecule has 8 N–H and O–H groups in total. The van der Waals surface area contributed by atoms with Crippen LogP contribution in [0.4, 0.5) is 16.3 Å². The summed E-state index contributed by atoms with van der Waals surface area (Å²) in [6, 6.07) is 21.9. The summed E-state index contributed by atoms with van der Waals surface area (Å²) in [6.07, 6.45) is 0.514. The molecule has 1 unspecified atom stereocenters. The van der Waals surface area contributed by atoms with Crippen LogP contribution in [0.15, 0.2) is 72.8 Å². The van der Waals surface area contributed by atoms with Crippen molar-refractivity contribution >= 4 is 40.0 Å². The molecule has 5 aromatic rings. The number of aromatic nitrogens is 4. The molecule has 10 heteroatoms. The molecular formula is C27H27ClN8O. The van der Waals surface area contributed by atoms with Gasteiger partial charge in [-0.1, -0.05) is 60.1 Å². The molecule has 0 saturated carbocycles. The number of benzene rings is 3. The van der Waals surface area contributed by atoms with Gasteiger partial charge in [-0.15, -0.1) is 0 Å². The van der Waals surface area contributed by atoms with E-state index in [1.54, 1.807) is 0 Å². The van der Waals surface area contributed by atoms with Gasteiger partial charge in [0.25, 0.3) is 0 Å². The monoisotopic (exact) mass is 514 g/mol. The van der Waals surface area contributed by atoms with E-state index in [-0.39, 0.29) is 12.1 Å². The molecule has 0 bridgehead atoms. The highest BCUT2D eigenvalue weighted by molar-refractivity contribution is 6.32. The number of nitrogen functional groups attached to an aromatic ring is 2. The number of H-pyrrole nitrogens is 2. The van der Waals surface area contributed by atoms with Crippen molar-refractivity contribution in [1.29, 1.82) is 0 Å². The first-order valence-corrected chi connectivity index (χ1v) is 12.2. The van der Waals surface area contributed by atoms with Crippen molar-refractivity contribution in [1.82, 2.24) is 30.8 Å². The lowest BCUT2D eigenvalue weighted by molar-refractivity contribution is 0.233. The van der Waals surface area contributed by atoms with Crippen molar-refractivity contribution in [2.45, 2.75) is 25.4 Å². The number of hydrogen-bond acceptors (Lipinski definition) is 5. The largest absolute Gasteiger partial charge is 0.399 e. The number of amides is 2. The van der Waals surface area contributed by atoms with E-state index in [9.17, 15) is 4.79 Å². The Labute approximate surface area is 218 Å². The molecule has 0 radical (unpaired) electrons. The summed E-state index contributed by atoms with van der Waals surface area (Å²) in [5.41, 5.74) is 16.5. The first-order chi connectivity index (χ1) is 17.9. The molecule has 3 aromatic carbocycles. The molecule has 0 spiro atoms. The third-order valence-electron chi connectivity index (χ3n) is 6.22. The van der Waals surface area contributed by atoms with Crippen LogP contribution in [-0.4, -0.2) is 26.2 Å². The normalized spacial score (nSPS) is 12.8. The molecule has 0 fully saturated rings. The smallest absolute Gasteiger partial charge is 0.315 e. The zero-order valence-corrected chi connectivity index (χ0v) is 20.9. The number of urea groups is 1. The van der Waals surface area contributed by atoms with Gasteiger partial charge in [0.1, 0.15) is 16.7 Å². The van der Waals surface area contributed by atoms with Gasteiger partial charge in [0, 0.05) is 16.6 Å². The zero-order chi connectivity index (χ0) is 25.9. The number of carbonyl (C=O) groups is 1. The van der Waals surface area contributed by atoms with E-state index in [2.05, 4.69) is 25.8 Å². The maximum Gasteiger partial charge on any atom is 0.315 e. The molecule has 2 atom stereocenters. The van der Waals surface area contributed by atoms with Crippen LogP contribution < -0.4 is 22.1 Å². The number of hydrogen-bond donors (Lipinski definition) is 6. The SMILES string of the molecule is CC(NC(=O)N[C@@H](Cc1ccccc1)c1nc(-c2ccc3c(N)n[nH]c3c2)c(Cl)[nH]1)c1cccc(N)c1. The highest BCUT2D eigenvalue weighted by Crippen LogP contribution is 2.31. The predicted molar refractivity (Wildman–Crippen MR) is 147 cm³/mol. The Morgan fingerprint density at radius 3 is 2.62 bits per heavy atom. The molecule has 0 saturated heterocycles. The molecule has 0 aliphatic carbocycles. The highest BCUT2D eigenvalue weighted by Gasteiger charge is 2.23. The summed E-state index contributed by atoms with van der Waals surface area (Å²) < 4.78 is 0. The fourth-order valence-corrected chi connectivity index (χ4v) is 4.54. The van der Waals surface area contributed by atoms with Crippen LogP contribution in [0.1, 0.15) is 36.0 Å². The number of anilines is 2. The van der Waals surface area contributed by atoms with Crippen LogP contribution in [0.5, 0.6) is 0 Å². The number of halogens is 1. The van der Waals surface area contributed by atoms with Gasteiger partial charge >= 0.3 is 6.03 Å². The Balaban J connectivity index is 1.41. The standard InChI is InChI=1S/C27H27ClN8O/c1-15(17-8-5-9-19(29)13-17)31-27(37)32-22(12-16-6-3-2-4-7-16)26-33-23(24(28)34-26)18-10-11-20-21(14-18)35-36-25(20)30/h2-11,13-15,22H,12,29H2,1H3,(H,33,34)(H3,30,35,36)(H2,31,32,37)/t15?,22-/m0/s1. The first kappa shape index (κ1) is 24.2. The molecular weight excluding hydrogens is 488 g/mol. The average molecular weight is 515 g/mol. The zero-order valence-electron chi connectivity index (χ0n) is 20.1. The van der Waals surface area contributed by atoms with Crippen LogP contribution >= 0.6 is 11.6 Å². The topological polar surface area (TPSA) is 151 Å². The number of nitrogens with two attached hydrogens (primary N) is 2. The Morgan fingerprint density at radius 1 is 1.03 bits per heavy atom. The second kappa shape index (κ2) is 10.2. The van der Waals surface area contributed by atoms with Gasteiger partial charge < -0.3 is 27.1 Å². The van der Waals surface area contributed by atoms with Gasteiger partial charge in [-0.05, 0) is 48.7 Å². The van der Waals surface area contributed by atoms with E-state index in [0.29, 0.717) is 34.6 Å². The fourth-order valence-electron chi connectivity index (χ4n) is 4.29. The Bertz CT molecular complexity index is 1540. The Kier molecular flexibility index (Phi) is 6.70. The minimum atomic E-state index is -0.465. The number of fused-ring (bicyclic) bond motifs is 1. The molecule has 0 aliphatic heterocycles. The van der Waals surface area contributed by atoms with Gasteiger partial charge in [0.05, 0.1) is 17.6 Å². The van der Waals surface area contributed by atoms with Crippen LogP contribution in [0.2, 0.25) is 5.15 Å². The third kappa shape index (κ3) is 5.36. The molecule has 37 heavy (non-hydrogen) atoms. The van der Waals surface area contributed by atoms with Gasteiger partial charge in [-0.3, -0.25) is 5.10 Å². The summed E-state index contributed by atoms with van der Waals surface area (Å²) >= 11 is 6.59. The molecule has 2 amide bonds. The fraction of sp³-hybridized carbons (Fsp3) is 0.148. The van der Waals surface area contributed by atoms with Crippen molar-refractivity contribution in [2.75, 3.05) is 11.5 Å². The lowest BCUT2D eigenvalue weighted by Crippen LogP contribution is -2.40. The van der Waals surface area contributed by atoms with E-state index in [0.717, 1.165) is 27.6 Å². The number of nitrogens with one attached hydrogen (secondary N) is 4. The number of aromatic amines is 2. The minimum absolute atomic E-state index is 0.245. The maximum absolute atomic E-state index is 13.0. The van der Waals surface area contributed by atoms with Crippen LogP contribution in [-0.2, 0) is 6.42 Å². The van der Waals surface area contributed by atoms with Crippen molar-refractivity contribution in [2.24, 2.45) is 0 Å². The van der Waals surface area contributed by atoms with Gasteiger partial charge in [0.15, 0.2) is 5.82 Å². The van der Waals surface area contributed by atoms with Crippen molar-refractivity contribution in [3.05, 3.63) is 94.9 Å². The number of rotatable bonds is 7. The van der Waals surface area contributed by atoms with Gasteiger partial charge in [-0.25, -0.2) is 9.78 Å². The summed E-state index contributed by atoms with van der Waals surface area (Å²) in [5.74, 6) is 0.973. The Morgan fingerprint density at radius 2 is 1.84 bits per heavy atom. The maximum atomic E-state index is 13.0. The van der Waals surface area contributed by atoms with E-state index in [1.165, 1.54) is 0 Å². The van der Waals surface area contributed by atoms with Crippen LogP contribution in [0.25, 0.3) is 22.2 Å². The van der Waals surface area contributed by atoms with E-state index in [1.807, 2.05) is 79.7 Å². The lowest BCUT2D eigenvalue weighted by atomic mass is 10.1. The van der Waals surface area contributed by atoms with Crippen molar-refractivity contribution < 1.29 is 4.79 Å². The molecule has 9 nitrogen and oxygen atoms in total. The minimum Gasteiger partial charge on any atom is -0.399 e. The molecule has 2 heterocycles. The van der Waals surface area contributed by atoms with Crippen LogP contribution in [0, 0.1) is 0 Å². The third-order valence-corrected chi connectivity index (χ3v) is 6.49. The lowest BCUT2D eigenvalue weighted by Gasteiger charge is -2.20. The Hall–Kier alpha value is -4.50. The van der Waals surface area contributed by atoms with E-state index >= 15 is 0 Å². The second-order valence-electron chi connectivity index (χ2n) is 8.91. The summed E-state index contributed by atoms with van der Waals surface area (Å²) in [4.78, 5) is 21.0. The summed E-state index contributed by atoms with van der Waals surface area (Å²) in [5, 5.41) is 14.2. The summed E-state index contributed by atoms with van der Waals surface area (Å²) in [6.45, 7) is 1.90. The van der Waals surface area contributed by atoms with E-state index in [4.69, 9.17) is 28.1 Å². The molecule has 188 valence electrons. The molecule has 5 rings (SSSR count). The molecule has 2 aromatic heterocycles. The number of carbonyl (C=O) groups excluding carboxylic acids is 1. The number of imidazole rings is 1.